The number of ether oxygens (including phenoxy) is 1. The number of hydrogen-bond acceptors (Lipinski definition) is 4. The molecule has 2 aliphatic heterocycles. The molecule has 288 valence electrons. The number of benzene rings is 9. The molecule has 1 unspecified atom stereocenters. The van der Waals surface area contributed by atoms with Crippen LogP contribution in [0.2, 0.25) is 0 Å². The monoisotopic (exact) mass is 781 g/mol. The van der Waals surface area contributed by atoms with E-state index in [0.717, 1.165) is 84.0 Å². The van der Waals surface area contributed by atoms with Crippen LogP contribution in [0.3, 0.4) is 0 Å². The molecule has 0 fully saturated rings. The summed E-state index contributed by atoms with van der Waals surface area (Å²) < 4.78 is 6.65. The molecule has 0 saturated heterocycles. The van der Waals surface area contributed by atoms with E-state index in [4.69, 9.17) is 15.5 Å². The summed E-state index contributed by atoms with van der Waals surface area (Å²) in [5.74, 6) is 2.62. The van der Waals surface area contributed by atoms with Gasteiger partial charge in [0.1, 0.15) is 17.3 Å². The van der Waals surface area contributed by atoms with E-state index < -0.39 is 5.41 Å². The molecule has 3 N–H and O–H groups in total. The molecule has 3 aliphatic rings. The highest BCUT2D eigenvalue weighted by Crippen LogP contribution is 2.62. The Morgan fingerprint density at radius 1 is 0.443 bits per heavy atom. The number of hydrogen-bond donors (Lipinski definition) is 2. The van der Waals surface area contributed by atoms with Gasteiger partial charge in [-0.05, 0) is 97.9 Å². The first-order valence-corrected chi connectivity index (χ1v) is 20.9. The predicted molar refractivity (Wildman–Crippen MR) is 250 cm³/mol. The summed E-state index contributed by atoms with van der Waals surface area (Å²) in [4.78, 5) is 5.23. The van der Waals surface area contributed by atoms with Gasteiger partial charge in [0.25, 0.3) is 0 Å². The van der Waals surface area contributed by atoms with E-state index in [1.807, 2.05) is 18.2 Å². The minimum Gasteiger partial charge on any atom is -0.457 e. The molecule has 1 spiro atoms. The zero-order valence-corrected chi connectivity index (χ0v) is 33.2. The molecule has 0 radical (unpaired) electrons. The lowest BCUT2D eigenvalue weighted by molar-refractivity contribution is 0.436. The molecule has 0 aromatic heterocycles. The molecule has 0 bridgehead atoms. The topological polar surface area (TPSA) is 59.6 Å². The smallest absolute Gasteiger partial charge is 0.134 e. The van der Waals surface area contributed by atoms with Gasteiger partial charge >= 0.3 is 0 Å². The van der Waals surface area contributed by atoms with Crippen LogP contribution in [0.15, 0.2) is 217 Å². The van der Waals surface area contributed by atoms with Crippen LogP contribution in [-0.4, -0.2) is 5.84 Å². The lowest BCUT2D eigenvalue weighted by Gasteiger charge is -2.39. The fraction of sp³-hybridized carbons (Fsp3) is 0.0351. The molecule has 1 aliphatic carbocycles. The van der Waals surface area contributed by atoms with Crippen molar-refractivity contribution in [3.05, 3.63) is 251 Å². The van der Waals surface area contributed by atoms with E-state index in [-0.39, 0.29) is 6.04 Å². The molecule has 12 rings (SSSR count). The second kappa shape index (κ2) is 13.8. The zero-order valence-electron chi connectivity index (χ0n) is 33.2. The standard InChI is InChI=1S/C57H39N3O/c58-51-25-13-21-43-42(20-12-22-44(43)51)40-29-31-48-46(34-40)45-33-39(28-30-47(45)57(48)49-23-7-9-26-54(49)61-55-27-10-8-24-50(55)57)38-18-11-19-41(32-38)53-35-52(36-14-3-1-4-15-36)59-56(60-53)37-16-5-2-6-17-37/h1-35,52H,58H2,(H,59,60). The van der Waals surface area contributed by atoms with Gasteiger partial charge in [0, 0.05) is 33.3 Å². The Labute approximate surface area is 355 Å². The van der Waals surface area contributed by atoms with E-state index in [0.29, 0.717) is 0 Å². The minimum atomic E-state index is -0.576. The van der Waals surface area contributed by atoms with Crippen molar-refractivity contribution in [1.82, 2.24) is 5.32 Å². The van der Waals surface area contributed by atoms with Gasteiger partial charge in [-0.15, -0.1) is 0 Å². The number of fused-ring (bicyclic) bond motifs is 10. The number of nitrogens with one attached hydrogen (secondary N) is 1. The molecule has 9 aromatic carbocycles. The van der Waals surface area contributed by atoms with Crippen molar-refractivity contribution in [1.29, 1.82) is 0 Å². The van der Waals surface area contributed by atoms with E-state index in [1.165, 1.54) is 27.8 Å². The van der Waals surface area contributed by atoms with Crippen molar-refractivity contribution >= 4 is 28.0 Å². The van der Waals surface area contributed by atoms with E-state index in [9.17, 15) is 0 Å². The molecule has 2 heterocycles. The van der Waals surface area contributed by atoms with Gasteiger partial charge in [-0.2, -0.15) is 0 Å². The van der Waals surface area contributed by atoms with Crippen LogP contribution in [0.1, 0.15) is 45.0 Å². The highest BCUT2D eigenvalue weighted by atomic mass is 16.5. The molecule has 61 heavy (non-hydrogen) atoms. The first-order chi connectivity index (χ1) is 30.1. The maximum atomic E-state index is 6.65. The summed E-state index contributed by atoms with van der Waals surface area (Å²) in [7, 11) is 0. The van der Waals surface area contributed by atoms with E-state index in [2.05, 4.69) is 199 Å². The number of anilines is 1. The largest absolute Gasteiger partial charge is 0.457 e. The number of aliphatic imine (C=N–C) groups is 1. The molecule has 4 heteroatoms. The van der Waals surface area contributed by atoms with E-state index in [1.54, 1.807) is 0 Å². The quantitative estimate of drug-likeness (QED) is 0.171. The molecule has 0 saturated carbocycles. The summed E-state index contributed by atoms with van der Waals surface area (Å²) in [6.45, 7) is 0. The third kappa shape index (κ3) is 5.49. The van der Waals surface area contributed by atoms with Crippen LogP contribution < -0.4 is 15.8 Å². The molecule has 0 amide bonds. The van der Waals surface area contributed by atoms with Crippen molar-refractivity contribution < 1.29 is 4.74 Å². The Hall–Kier alpha value is -7.95. The first kappa shape index (κ1) is 35.0. The number of nitrogens with zero attached hydrogens (tertiary/aromatic N) is 1. The Balaban J connectivity index is 1.05. The normalized spacial score (nSPS) is 15.4. The maximum Gasteiger partial charge on any atom is 0.134 e. The number of rotatable bonds is 5. The minimum absolute atomic E-state index is 0.0298. The third-order valence-electron chi connectivity index (χ3n) is 12.8. The third-order valence-corrected chi connectivity index (χ3v) is 12.8. The van der Waals surface area contributed by atoms with Gasteiger partial charge in [-0.25, -0.2) is 4.99 Å². The second-order valence-corrected chi connectivity index (χ2v) is 16.1. The zero-order chi connectivity index (χ0) is 40.5. The number of nitrogen functional groups attached to an aromatic ring is 1. The average Bonchev–Trinajstić information content (AvgIpc) is 3.61. The van der Waals surface area contributed by atoms with Gasteiger partial charge in [-0.3, -0.25) is 0 Å². The Bertz CT molecular complexity index is 3230. The first-order valence-electron chi connectivity index (χ1n) is 20.9. The highest BCUT2D eigenvalue weighted by molar-refractivity contribution is 6.05. The Kier molecular flexibility index (Phi) is 7.94. The van der Waals surface area contributed by atoms with Crippen LogP contribution in [0, 0.1) is 0 Å². The highest BCUT2D eigenvalue weighted by Gasteiger charge is 2.51. The van der Waals surface area contributed by atoms with Crippen molar-refractivity contribution in [2.45, 2.75) is 11.5 Å². The molecular weight excluding hydrogens is 743 g/mol. The summed E-state index contributed by atoms with van der Waals surface area (Å²) in [5.41, 5.74) is 22.7. The predicted octanol–water partition coefficient (Wildman–Crippen LogP) is 13.4. The maximum absolute atomic E-state index is 6.65. The summed E-state index contributed by atoms with van der Waals surface area (Å²) in [5, 5.41) is 5.90. The van der Waals surface area contributed by atoms with Crippen LogP contribution in [-0.2, 0) is 5.41 Å². The van der Waals surface area contributed by atoms with Crippen molar-refractivity contribution in [3.8, 4) is 44.9 Å². The lowest BCUT2D eigenvalue weighted by Crippen LogP contribution is -2.32. The molecular formula is C57H39N3O. The fourth-order valence-electron chi connectivity index (χ4n) is 9.98. The SMILES string of the molecule is Nc1cccc2c(-c3ccc4c(c3)-c3cc(-c5cccc(C6=CC(c7ccccc7)NC(c7ccccc7)=N6)c5)ccc3C43c4ccccc4Oc4ccccc43)cccc12. The number of para-hydroxylation sites is 2. The fourth-order valence-corrected chi connectivity index (χ4v) is 9.98. The van der Waals surface area contributed by atoms with Crippen molar-refractivity contribution in [2.24, 2.45) is 4.99 Å². The van der Waals surface area contributed by atoms with Crippen molar-refractivity contribution in [3.63, 3.8) is 0 Å². The van der Waals surface area contributed by atoms with Crippen molar-refractivity contribution in [2.75, 3.05) is 5.73 Å². The Morgan fingerprint density at radius 2 is 1.02 bits per heavy atom. The van der Waals surface area contributed by atoms with Gasteiger partial charge in [-0.1, -0.05) is 170 Å². The van der Waals surface area contributed by atoms with Crippen LogP contribution in [0.4, 0.5) is 5.69 Å². The van der Waals surface area contributed by atoms with Gasteiger partial charge in [0.15, 0.2) is 0 Å². The van der Waals surface area contributed by atoms with Gasteiger partial charge in [0.2, 0.25) is 0 Å². The lowest BCUT2D eigenvalue weighted by atomic mass is 9.66. The van der Waals surface area contributed by atoms with Crippen LogP contribution in [0.5, 0.6) is 11.5 Å². The summed E-state index contributed by atoms with van der Waals surface area (Å²) in [6.07, 6.45) is 2.24. The number of amidine groups is 1. The number of nitrogens with two attached hydrogens (primary N) is 1. The van der Waals surface area contributed by atoms with Crippen LogP contribution >= 0.6 is 0 Å². The van der Waals surface area contributed by atoms with E-state index >= 15 is 0 Å². The summed E-state index contributed by atoms with van der Waals surface area (Å²) in [6, 6.07) is 73.5. The summed E-state index contributed by atoms with van der Waals surface area (Å²) >= 11 is 0. The Morgan fingerprint density at radius 3 is 1.77 bits per heavy atom. The second-order valence-electron chi connectivity index (χ2n) is 16.1. The molecule has 4 nitrogen and oxygen atoms in total. The average molecular weight is 782 g/mol. The van der Waals surface area contributed by atoms with Crippen LogP contribution in [0.25, 0.3) is 49.9 Å². The van der Waals surface area contributed by atoms with Gasteiger partial charge in [0.05, 0.1) is 17.2 Å². The van der Waals surface area contributed by atoms with Gasteiger partial charge < -0.3 is 15.8 Å². The molecule has 1 atom stereocenters. The molecule has 9 aromatic rings.